The second kappa shape index (κ2) is 6.08. The fourth-order valence-electron chi connectivity index (χ4n) is 2.32. The van der Waals surface area contributed by atoms with Crippen LogP contribution in [-0.2, 0) is 0 Å². The summed E-state index contributed by atoms with van der Waals surface area (Å²) in [6.07, 6.45) is 0.552. The van der Waals surface area contributed by atoms with Gasteiger partial charge in [0.2, 0.25) is 0 Å². The number of hydrogen-bond donors (Lipinski definition) is 1. The van der Waals surface area contributed by atoms with E-state index < -0.39 is 0 Å². The van der Waals surface area contributed by atoms with E-state index in [4.69, 9.17) is 16.9 Å². The first-order valence-corrected chi connectivity index (χ1v) is 6.67. The van der Waals surface area contributed by atoms with E-state index >= 15 is 0 Å². The molecular formula is C14H18ClN3. The highest BCUT2D eigenvalue weighted by Crippen LogP contribution is 2.21. The highest BCUT2D eigenvalue weighted by Gasteiger charge is 2.21. The fraction of sp³-hybridized carbons (Fsp3) is 0.500. The number of nitrogens with zero attached hydrogens (tertiary/aromatic N) is 2. The van der Waals surface area contributed by atoms with Crippen molar-refractivity contribution in [1.82, 2.24) is 5.32 Å². The maximum absolute atomic E-state index is 8.84. The molecule has 1 aliphatic heterocycles. The van der Waals surface area contributed by atoms with E-state index in [1.54, 1.807) is 0 Å². The molecule has 0 aliphatic carbocycles. The lowest BCUT2D eigenvalue weighted by Crippen LogP contribution is -2.37. The van der Waals surface area contributed by atoms with Crippen molar-refractivity contribution in [2.24, 2.45) is 5.92 Å². The molecule has 18 heavy (non-hydrogen) atoms. The lowest BCUT2D eigenvalue weighted by atomic mass is 10.1. The minimum atomic E-state index is 0.246. The normalized spacial score (nSPS) is 24.4. The Labute approximate surface area is 113 Å². The van der Waals surface area contributed by atoms with Crippen LogP contribution in [0.15, 0.2) is 24.3 Å². The number of rotatable bonds is 2. The molecule has 2 rings (SSSR count). The van der Waals surface area contributed by atoms with Gasteiger partial charge in [-0.2, -0.15) is 5.26 Å². The van der Waals surface area contributed by atoms with Gasteiger partial charge in [0.1, 0.15) is 0 Å². The van der Waals surface area contributed by atoms with Crippen molar-refractivity contribution in [1.29, 1.82) is 5.26 Å². The van der Waals surface area contributed by atoms with E-state index in [9.17, 15) is 0 Å². The Kier molecular flexibility index (Phi) is 4.46. The molecule has 96 valence electrons. The summed E-state index contributed by atoms with van der Waals surface area (Å²) in [6, 6.07) is 10.4. The minimum Gasteiger partial charge on any atom is -0.370 e. The van der Waals surface area contributed by atoms with Crippen LogP contribution in [0, 0.1) is 17.2 Å². The number of hydrogen-bond acceptors (Lipinski definition) is 3. The van der Waals surface area contributed by atoms with Crippen LogP contribution in [0.4, 0.5) is 5.69 Å². The van der Waals surface area contributed by atoms with Crippen LogP contribution in [0.2, 0.25) is 5.02 Å². The van der Waals surface area contributed by atoms with Crippen molar-refractivity contribution in [2.75, 3.05) is 24.5 Å². The van der Waals surface area contributed by atoms with Gasteiger partial charge in [-0.1, -0.05) is 18.5 Å². The molecule has 2 atom stereocenters. The number of anilines is 1. The van der Waals surface area contributed by atoms with Crippen molar-refractivity contribution in [2.45, 2.75) is 19.4 Å². The van der Waals surface area contributed by atoms with Crippen LogP contribution in [0.25, 0.3) is 0 Å². The molecule has 1 aromatic carbocycles. The third-order valence-corrected chi connectivity index (χ3v) is 3.51. The molecule has 0 aromatic heterocycles. The van der Waals surface area contributed by atoms with Crippen LogP contribution in [0.3, 0.4) is 0 Å². The summed E-state index contributed by atoms with van der Waals surface area (Å²) in [7, 11) is 0. The number of nitrogens with one attached hydrogen (secondary N) is 1. The number of nitriles is 1. The van der Waals surface area contributed by atoms with Crippen LogP contribution in [0.5, 0.6) is 0 Å². The van der Waals surface area contributed by atoms with E-state index in [0.717, 1.165) is 24.7 Å². The fourth-order valence-corrected chi connectivity index (χ4v) is 2.45. The highest BCUT2D eigenvalue weighted by molar-refractivity contribution is 6.30. The topological polar surface area (TPSA) is 39.1 Å². The smallest absolute Gasteiger partial charge is 0.0638 e. The molecule has 2 unspecified atom stereocenters. The van der Waals surface area contributed by atoms with E-state index in [2.05, 4.69) is 23.2 Å². The zero-order valence-corrected chi connectivity index (χ0v) is 11.3. The van der Waals surface area contributed by atoms with Gasteiger partial charge in [-0.05, 0) is 36.7 Å². The molecule has 0 radical (unpaired) electrons. The molecule has 4 heteroatoms. The van der Waals surface area contributed by atoms with Gasteiger partial charge in [0, 0.05) is 29.8 Å². The van der Waals surface area contributed by atoms with Gasteiger partial charge in [0.05, 0.1) is 12.5 Å². The zero-order chi connectivity index (χ0) is 13.0. The first kappa shape index (κ1) is 13.2. The molecule has 0 bridgehead atoms. The van der Waals surface area contributed by atoms with Crippen molar-refractivity contribution in [3.8, 4) is 6.07 Å². The predicted molar refractivity (Wildman–Crippen MR) is 74.8 cm³/mol. The Morgan fingerprint density at radius 3 is 2.78 bits per heavy atom. The van der Waals surface area contributed by atoms with Crippen LogP contribution >= 0.6 is 11.6 Å². The Morgan fingerprint density at radius 2 is 2.11 bits per heavy atom. The molecule has 1 aliphatic rings. The lowest BCUT2D eigenvalue weighted by Gasteiger charge is -2.26. The maximum Gasteiger partial charge on any atom is 0.0638 e. The van der Waals surface area contributed by atoms with Gasteiger partial charge in [-0.3, -0.25) is 0 Å². The largest absolute Gasteiger partial charge is 0.370 e. The van der Waals surface area contributed by atoms with E-state index in [1.807, 2.05) is 24.3 Å². The SMILES string of the molecule is CC1CNC(CC#N)CN(c2ccc(Cl)cc2)C1. The third-order valence-electron chi connectivity index (χ3n) is 3.26. The summed E-state index contributed by atoms with van der Waals surface area (Å²) < 4.78 is 0. The van der Waals surface area contributed by atoms with E-state index in [-0.39, 0.29) is 6.04 Å². The van der Waals surface area contributed by atoms with Crippen LogP contribution in [0.1, 0.15) is 13.3 Å². The van der Waals surface area contributed by atoms with Gasteiger partial charge < -0.3 is 10.2 Å². The first-order chi connectivity index (χ1) is 8.69. The van der Waals surface area contributed by atoms with Crippen molar-refractivity contribution >= 4 is 17.3 Å². The molecule has 1 N–H and O–H groups in total. The van der Waals surface area contributed by atoms with Crippen LogP contribution in [-0.4, -0.2) is 25.7 Å². The van der Waals surface area contributed by atoms with E-state index in [0.29, 0.717) is 12.3 Å². The molecule has 0 spiro atoms. The quantitative estimate of drug-likeness (QED) is 0.892. The summed E-state index contributed by atoms with van der Waals surface area (Å²) in [4.78, 5) is 2.34. The molecule has 1 saturated heterocycles. The summed E-state index contributed by atoms with van der Waals surface area (Å²) >= 11 is 5.92. The lowest BCUT2D eigenvalue weighted by molar-refractivity contribution is 0.509. The van der Waals surface area contributed by atoms with Crippen LogP contribution < -0.4 is 10.2 Å². The molecule has 0 saturated carbocycles. The number of benzene rings is 1. The summed E-state index contributed by atoms with van der Waals surface area (Å²) in [5.41, 5.74) is 1.18. The average Bonchev–Trinajstić information content (AvgIpc) is 2.53. The van der Waals surface area contributed by atoms with Crippen molar-refractivity contribution in [3.63, 3.8) is 0 Å². The second-order valence-corrected chi connectivity index (χ2v) is 5.39. The zero-order valence-electron chi connectivity index (χ0n) is 10.6. The maximum atomic E-state index is 8.84. The minimum absolute atomic E-state index is 0.246. The van der Waals surface area contributed by atoms with Gasteiger partial charge in [-0.15, -0.1) is 0 Å². The van der Waals surface area contributed by atoms with Gasteiger partial charge in [-0.25, -0.2) is 0 Å². The van der Waals surface area contributed by atoms with Gasteiger partial charge in [0.15, 0.2) is 0 Å². The molecule has 1 fully saturated rings. The second-order valence-electron chi connectivity index (χ2n) is 4.95. The van der Waals surface area contributed by atoms with E-state index in [1.165, 1.54) is 5.69 Å². The average molecular weight is 264 g/mol. The monoisotopic (exact) mass is 263 g/mol. The van der Waals surface area contributed by atoms with Gasteiger partial charge in [0.25, 0.3) is 0 Å². The third kappa shape index (κ3) is 3.38. The Hall–Kier alpha value is -1.24. The Morgan fingerprint density at radius 1 is 1.39 bits per heavy atom. The highest BCUT2D eigenvalue weighted by atomic mass is 35.5. The summed E-state index contributed by atoms with van der Waals surface area (Å²) in [5, 5.41) is 13.1. The Bertz CT molecular complexity index is 424. The molecule has 0 amide bonds. The first-order valence-electron chi connectivity index (χ1n) is 6.30. The predicted octanol–water partition coefficient (Wildman–Crippen LogP) is 2.67. The summed E-state index contributed by atoms with van der Waals surface area (Å²) in [5.74, 6) is 0.573. The Balaban J connectivity index is 2.13. The summed E-state index contributed by atoms with van der Waals surface area (Å²) in [6.45, 7) is 5.08. The molecule has 1 aromatic rings. The molecule has 3 nitrogen and oxygen atoms in total. The molecule has 1 heterocycles. The standard InChI is InChI=1S/C14H18ClN3/c1-11-8-17-13(6-7-16)10-18(9-11)14-4-2-12(15)3-5-14/h2-5,11,13,17H,6,8-10H2,1H3. The van der Waals surface area contributed by atoms with Gasteiger partial charge >= 0.3 is 0 Å². The number of halogens is 1. The molecular weight excluding hydrogens is 246 g/mol. The van der Waals surface area contributed by atoms with Crippen molar-refractivity contribution in [3.05, 3.63) is 29.3 Å². The van der Waals surface area contributed by atoms with Crippen molar-refractivity contribution < 1.29 is 0 Å².